The Labute approximate surface area is 134 Å². The van der Waals surface area contributed by atoms with Crippen LogP contribution in [0.3, 0.4) is 0 Å². The third-order valence-electron chi connectivity index (χ3n) is 2.91. The van der Waals surface area contributed by atoms with E-state index in [1.807, 2.05) is 0 Å². The van der Waals surface area contributed by atoms with Gasteiger partial charge in [0.2, 0.25) is 5.91 Å². The Balaban J connectivity index is 2.61. The van der Waals surface area contributed by atoms with Gasteiger partial charge in [-0.05, 0) is 24.3 Å². The molecule has 1 amide bonds. The van der Waals surface area contributed by atoms with Crippen LogP contribution in [0.5, 0.6) is 5.75 Å². The lowest BCUT2D eigenvalue weighted by Crippen LogP contribution is -2.35. The SMILES string of the molecule is CC(=O)Oc1ccccc1N(C(C)=O)S(=O)(=O)c1ccccc1. The standard InChI is InChI=1S/C16H15NO5S/c1-12(18)17(23(20,21)14-8-4-3-5-9-14)15-10-6-7-11-16(15)22-13(2)19/h3-11H,1-2H3. The van der Waals surface area contributed by atoms with Crippen LogP contribution in [-0.2, 0) is 19.6 Å². The molecule has 2 rings (SSSR count). The molecule has 0 N–H and O–H groups in total. The number of esters is 1. The Bertz CT molecular complexity index is 831. The minimum absolute atomic E-state index is 0.00490. The van der Waals surface area contributed by atoms with Crippen molar-refractivity contribution in [3.63, 3.8) is 0 Å². The number of rotatable bonds is 4. The lowest BCUT2D eigenvalue weighted by molar-refractivity contribution is -0.132. The van der Waals surface area contributed by atoms with Gasteiger partial charge in [-0.25, -0.2) is 8.42 Å². The minimum Gasteiger partial charge on any atom is -0.424 e. The minimum atomic E-state index is -4.12. The summed E-state index contributed by atoms with van der Waals surface area (Å²) in [6.07, 6.45) is 0. The fourth-order valence-corrected chi connectivity index (χ4v) is 3.49. The van der Waals surface area contributed by atoms with E-state index in [0.29, 0.717) is 4.31 Å². The van der Waals surface area contributed by atoms with Gasteiger partial charge in [-0.15, -0.1) is 0 Å². The molecular formula is C16H15NO5S. The van der Waals surface area contributed by atoms with Gasteiger partial charge in [-0.1, -0.05) is 30.3 Å². The van der Waals surface area contributed by atoms with E-state index in [0.717, 1.165) is 6.92 Å². The molecule has 0 aliphatic heterocycles. The number of carbonyl (C=O) groups is 2. The molecule has 0 fully saturated rings. The molecule has 7 heteroatoms. The fraction of sp³-hybridized carbons (Fsp3) is 0.125. The monoisotopic (exact) mass is 333 g/mol. The van der Waals surface area contributed by atoms with Crippen molar-refractivity contribution in [3.05, 3.63) is 54.6 Å². The molecule has 0 unspecified atom stereocenters. The van der Waals surface area contributed by atoms with Crippen molar-refractivity contribution in [1.82, 2.24) is 0 Å². The molecule has 0 aliphatic rings. The largest absolute Gasteiger partial charge is 0.424 e. The number of sulfonamides is 1. The second-order valence-electron chi connectivity index (χ2n) is 4.66. The van der Waals surface area contributed by atoms with Crippen molar-refractivity contribution >= 4 is 27.6 Å². The smallest absolute Gasteiger partial charge is 0.308 e. The highest BCUT2D eigenvalue weighted by Crippen LogP contribution is 2.32. The predicted octanol–water partition coefficient (Wildman–Crippen LogP) is 2.35. The van der Waals surface area contributed by atoms with Gasteiger partial charge in [-0.3, -0.25) is 9.59 Å². The van der Waals surface area contributed by atoms with Crippen molar-refractivity contribution in [3.8, 4) is 5.75 Å². The van der Waals surface area contributed by atoms with Crippen LogP contribution in [0.25, 0.3) is 0 Å². The maximum Gasteiger partial charge on any atom is 0.308 e. The van der Waals surface area contributed by atoms with Crippen LogP contribution in [0, 0.1) is 0 Å². The summed E-state index contributed by atoms with van der Waals surface area (Å²) < 4.78 is 31.2. The van der Waals surface area contributed by atoms with Crippen LogP contribution in [0.4, 0.5) is 5.69 Å². The van der Waals surface area contributed by atoms with Crippen LogP contribution in [0.15, 0.2) is 59.5 Å². The molecule has 2 aromatic carbocycles. The topological polar surface area (TPSA) is 80.8 Å². The quantitative estimate of drug-likeness (QED) is 0.634. The number of carbonyl (C=O) groups excluding carboxylic acids is 2. The summed E-state index contributed by atoms with van der Waals surface area (Å²) >= 11 is 0. The van der Waals surface area contributed by atoms with Crippen LogP contribution in [-0.4, -0.2) is 20.3 Å². The fourth-order valence-electron chi connectivity index (χ4n) is 2.03. The number of hydrogen-bond acceptors (Lipinski definition) is 5. The van der Waals surface area contributed by atoms with E-state index in [9.17, 15) is 18.0 Å². The van der Waals surface area contributed by atoms with Gasteiger partial charge < -0.3 is 4.74 Å². The number of ether oxygens (including phenoxy) is 1. The number of nitrogens with zero attached hydrogens (tertiary/aromatic N) is 1. The Morgan fingerprint density at radius 1 is 0.913 bits per heavy atom. The van der Waals surface area contributed by atoms with E-state index in [2.05, 4.69) is 0 Å². The van der Waals surface area contributed by atoms with E-state index in [-0.39, 0.29) is 16.3 Å². The molecule has 0 aromatic heterocycles. The molecule has 0 saturated carbocycles. The Hall–Kier alpha value is -2.67. The number of amides is 1. The van der Waals surface area contributed by atoms with Crippen molar-refractivity contribution < 1.29 is 22.7 Å². The lowest BCUT2D eigenvalue weighted by Gasteiger charge is -2.22. The van der Waals surface area contributed by atoms with E-state index in [4.69, 9.17) is 4.74 Å². The summed E-state index contributed by atoms with van der Waals surface area (Å²) in [5.74, 6) is -1.33. The third kappa shape index (κ3) is 3.57. The van der Waals surface area contributed by atoms with Gasteiger partial charge in [-0.2, -0.15) is 4.31 Å². The summed E-state index contributed by atoms with van der Waals surface area (Å²) in [7, 11) is -4.12. The van der Waals surface area contributed by atoms with Crippen LogP contribution in [0.2, 0.25) is 0 Å². The Morgan fingerprint density at radius 2 is 1.48 bits per heavy atom. The van der Waals surface area contributed by atoms with Crippen molar-refractivity contribution in [2.45, 2.75) is 18.7 Å². The molecular weight excluding hydrogens is 318 g/mol. The molecule has 0 saturated heterocycles. The Kier molecular flexibility index (Phi) is 4.80. The van der Waals surface area contributed by atoms with E-state index in [1.54, 1.807) is 30.3 Å². The second-order valence-corrected chi connectivity index (χ2v) is 6.45. The number of para-hydroxylation sites is 2. The van der Waals surface area contributed by atoms with E-state index in [1.165, 1.54) is 31.2 Å². The first-order valence-electron chi connectivity index (χ1n) is 6.72. The molecule has 23 heavy (non-hydrogen) atoms. The molecule has 0 radical (unpaired) electrons. The summed E-state index contributed by atoms with van der Waals surface area (Å²) in [4.78, 5) is 23.2. The first-order valence-corrected chi connectivity index (χ1v) is 8.16. The molecule has 0 atom stereocenters. The molecule has 2 aromatic rings. The Morgan fingerprint density at radius 3 is 2.04 bits per heavy atom. The third-order valence-corrected chi connectivity index (χ3v) is 4.71. The maximum absolute atomic E-state index is 12.8. The molecule has 6 nitrogen and oxygen atoms in total. The van der Waals surface area contributed by atoms with Gasteiger partial charge in [0, 0.05) is 13.8 Å². The zero-order chi connectivity index (χ0) is 17.0. The van der Waals surface area contributed by atoms with E-state index < -0.39 is 21.9 Å². The van der Waals surface area contributed by atoms with Crippen LogP contribution >= 0.6 is 0 Å². The van der Waals surface area contributed by atoms with Gasteiger partial charge in [0.1, 0.15) is 5.69 Å². The number of hydrogen-bond donors (Lipinski definition) is 0. The highest BCUT2D eigenvalue weighted by Gasteiger charge is 2.30. The predicted molar refractivity (Wildman–Crippen MR) is 84.5 cm³/mol. The zero-order valence-corrected chi connectivity index (χ0v) is 13.4. The van der Waals surface area contributed by atoms with Crippen LogP contribution in [0.1, 0.15) is 13.8 Å². The number of benzene rings is 2. The molecule has 120 valence electrons. The van der Waals surface area contributed by atoms with Crippen LogP contribution < -0.4 is 9.04 Å². The first kappa shape index (κ1) is 16.7. The average Bonchev–Trinajstić information content (AvgIpc) is 2.49. The highest BCUT2D eigenvalue weighted by atomic mass is 32.2. The van der Waals surface area contributed by atoms with Gasteiger partial charge in [0.15, 0.2) is 5.75 Å². The van der Waals surface area contributed by atoms with Gasteiger partial charge in [0.25, 0.3) is 10.0 Å². The highest BCUT2D eigenvalue weighted by molar-refractivity contribution is 7.93. The summed E-state index contributed by atoms with van der Waals surface area (Å²) in [6.45, 7) is 2.33. The van der Waals surface area contributed by atoms with Crippen molar-refractivity contribution in [1.29, 1.82) is 0 Å². The first-order chi connectivity index (χ1) is 10.8. The molecule has 0 aliphatic carbocycles. The lowest BCUT2D eigenvalue weighted by atomic mass is 10.3. The zero-order valence-electron chi connectivity index (χ0n) is 12.6. The molecule has 0 heterocycles. The number of anilines is 1. The average molecular weight is 333 g/mol. The normalized spacial score (nSPS) is 10.9. The van der Waals surface area contributed by atoms with Gasteiger partial charge in [0.05, 0.1) is 4.90 Å². The molecule has 0 bridgehead atoms. The summed E-state index contributed by atoms with van der Waals surface area (Å²) in [5.41, 5.74) is -0.0148. The maximum atomic E-state index is 12.8. The van der Waals surface area contributed by atoms with Crippen molar-refractivity contribution in [2.75, 3.05) is 4.31 Å². The van der Waals surface area contributed by atoms with Crippen molar-refractivity contribution in [2.24, 2.45) is 0 Å². The summed E-state index contributed by atoms with van der Waals surface area (Å²) in [5, 5.41) is 0. The molecule has 0 spiro atoms. The summed E-state index contributed by atoms with van der Waals surface area (Å²) in [6, 6.07) is 13.5. The second kappa shape index (κ2) is 6.62. The van der Waals surface area contributed by atoms with Gasteiger partial charge >= 0.3 is 5.97 Å². The van der Waals surface area contributed by atoms with E-state index >= 15 is 0 Å².